The number of hydrogen-bond acceptors (Lipinski definition) is 1. The van der Waals surface area contributed by atoms with E-state index in [0.717, 1.165) is 18.5 Å². The lowest BCUT2D eigenvalue weighted by Crippen LogP contribution is -2.37. The summed E-state index contributed by atoms with van der Waals surface area (Å²) in [6.45, 7) is 10.4. The Morgan fingerprint density at radius 2 is 1.92 bits per heavy atom. The van der Waals surface area contributed by atoms with Gasteiger partial charge in [-0.3, -0.25) is 0 Å². The molecule has 0 saturated heterocycles. The lowest BCUT2D eigenvalue weighted by Gasteiger charge is -2.24. The molecule has 1 heteroatoms. The Labute approximate surface area is 76.9 Å². The predicted molar refractivity (Wildman–Crippen MR) is 54.3 cm³/mol. The Bertz CT molecular complexity index is 134. The molecule has 0 aliphatic heterocycles. The van der Waals surface area contributed by atoms with Crippen molar-refractivity contribution in [2.75, 3.05) is 6.54 Å². The Hall–Kier alpha value is -0.0400. The van der Waals surface area contributed by atoms with Crippen molar-refractivity contribution in [1.29, 1.82) is 0 Å². The Morgan fingerprint density at radius 3 is 2.33 bits per heavy atom. The summed E-state index contributed by atoms with van der Waals surface area (Å²) in [5, 5.41) is 3.67. The van der Waals surface area contributed by atoms with Crippen LogP contribution < -0.4 is 5.32 Å². The normalized spacial score (nSPS) is 31.0. The van der Waals surface area contributed by atoms with Crippen molar-refractivity contribution in [3.8, 4) is 0 Å². The fourth-order valence-corrected chi connectivity index (χ4v) is 1.89. The zero-order valence-corrected chi connectivity index (χ0v) is 8.98. The van der Waals surface area contributed by atoms with Gasteiger partial charge in [-0.15, -0.1) is 0 Å². The number of hydrogen-bond donors (Lipinski definition) is 1. The first-order chi connectivity index (χ1) is 5.49. The van der Waals surface area contributed by atoms with Gasteiger partial charge in [0.1, 0.15) is 0 Å². The second-order valence-corrected chi connectivity index (χ2v) is 5.46. The maximum absolute atomic E-state index is 3.67. The van der Waals surface area contributed by atoms with Crippen LogP contribution in [-0.4, -0.2) is 12.6 Å². The van der Waals surface area contributed by atoms with E-state index in [0.29, 0.717) is 5.41 Å². The van der Waals surface area contributed by atoms with Gasteiger partial charge in [0.2, 0.25) is 0 Å². The average Bonchev–Trinajstić information content (AvgIpc) is 2.29. The van der Waals surface area contributed by atoms with Gasteiger partial charge >= 0.3 is 0 Å². The van der Waals surface area contributed by atoms with Crippen LogP contribution in [0.25, 0.3) is 0 Å². The topological polar surface area (TPSA) is 12.0 Å². The fraction of sp³-hybridized carbons (Fsp3) is 1.00. The first-order valence-electron chi connectivity index (χ1n) is 5.22. The summed E-state index contributed by atoms with van der Waals surface area (Å²) in [6.07, 6.45) is 4.22. The summed E-state index contributed by atoms with van der Waals surface area (Å²) in [5.41, 5.74) is 0.433. The first kappa shape index (κ1) is 10.0. The van der Waals surface area contributed by atoms with Crippen LogP contribution in [0.3, 0.4) is 0 Å². The van der Waals surface area contributed by atoms with Gasteiger partial charge in [-0.05, 0) is 24.2 Å². The molecule has 1 aliphatic rings. The zero-order valence-electron chi connectivity index (χ0n) is 8.98. The molecule has 1 fully saturated rings. The van der Waals surface area contributed by atoms with Gasteiger partial charge in [0.05, 0.1) is 0 Å². The number of rotatable bonds is 2. The van der Waals surface area contributed by atoms with Crippen molar-refractivity contribution >= 4 is 0 Å². The van der Waals surface area contributed by atoms with Crippen LogP contribution in [0.2, 0.25) is 0 Å². The van der Waals surface area contributed by atoms with Crippen molar-refractivity contribution in [2.24, 2.45) is 11.3 Å². The third-order valence-electron chi connectivity index (χ3n) is 2.76. The summed E-state index contributed by atoms with van der Waals surface area (Å²) in [7, 11) is 0. The molecule has 1 saturated carbocycles. The molecular formula is C11H23N. The van der Waals surface area contributed by atoms with Crippen molar-refractivity contribution in [1.82, 2.24) is 5.32 Å². The maximum Gasteiger partial charge on any atom is 0.00929 e. The van der Waals surface area contributed by atoms with Gasteiger partial charge in [-0.25, -0.2) is 0 Å². The Balaban J connectivity index is 2.23. The third kappa shape index (κ3) is 3.14. The highest BCUT2D eigenvalue weighted by molar-refractivity contribution is 4.81. The van der Waals surface area contributed by atoms with Crippen LogP contribution in [0.4, 0.5) is 0 Å². The molecule has 1 nitrogen and oxygen atoms in total. The molecular weight excluding hydrogens is 146 g/mol. The molecule has 1 rings (SSSR count). The van der Waals surface area contributed by atoms with Crippen LogP contribution in [-0.2, 0) is 0 Å². The van der Waals surface area contributed by atoms with Crippen molar-refractivity contribution < 1.29 is 0 Å². The highest BCUT2D eigenvalue weighted by Crippen LogP contribution is 2.25. The SMILES string of the molecule is CC1CCCC1NCC(C)(C)C. The van der Waals surface area contributed by atoms with E-state index in [1.54, 1.807) is 0 Å². The molecule has 1 N–H and O–H groups in total. The fourth-order valence-electron chi connectivity index (χ4n) is 1.89. The first-order valence-corrected chi connectivity index (χ1v) is 5.22. The minimum absolute atomic E-state index is 0.433. The molecule has 1 aliphatic carbocycles. The molecule has 72 valence electrons. The van der Waals surface area contributed by atoms with E-state index in [9.17, 15) is 0 Å². The molecule has 0 aromatic rings. The van der Waals surface area contributed by atoms with E-state index < -0.39 is 0 Å². The van der Waals surface area contributed by atoms with Crippen LogP contribution >= 0.6 is 0 Å². The van der Waals surface area contributed by atoms with Gasteiger partial charge in [0, 0.05) is 12.6 Å². The molecule has 0 radical (unpaired) electrons. The second kappa shape index (κ2) is 3.78. The minimum Gasteiger partial charge on any atom is -0.313 e. The van der Waals surface area contributed by atoms with Crippen molar-refractivity contribution in [3.05, 3.63) is 0 Å². The largest absolute Gasteiger partial charge is 0.313 e. The molecule has 0 amide bonds. The highest BCUT2D eigenvalue weighted by atomic mass is 14.9. The Kier molecular flexibility index (Phi) is 3.16. The van der Waals surface area contributed by atoms with E-state index in [4.69, 9.17) is 0 Å². The monoisotopic (exact) mass is 169 g/mol. The quantitative estimate of drug-likeness (QED) is 0.670. The molecule has 12 heavy (non-hydrogen) atoms. The molecule has 0 aromatic carbocycles. The Morgan fingerprint density at radius 1 is 1.25 bits per heavy atom. The molecule has 0 bridgehead atoms. The van der Waals surface area contributed by atoms with Crippen molar-refractivity contribution in [3.63, 3.8) is 0 Å². The van der Waals surface area contributed by atoms with Crippen LogP contribution in [0, 0.1) is 11.3 Å². The molecule has 0 heterocycles. The van der Waals surface area contributed by atoms with E-state index in [2.05, 4.69) is 33.0 Å². The average molecular weight is 169 g/mol. The molecule has 0 aromatic heterocycles. The van der Waals surface area contributed by atoms with Gasteiger partial charge in [-0.1, -0.05) is 34.1 Å². The smallest absolute Gasteiger partial charge is 0.00929 e. The maximum atomic E-state index is 3.67. The lowest BCUT2D eigenvalue weighted by atomic mass is 9.95. The summed E-state index contributed by atoms with van der Waals surface area (Å²) in [4.78, 5) is 0. The van der Waals surface area contributed by atoms with Crippen LogP contribution in [0.5, 0.6) is 0 Å². The predicted octanol–water partition coefficient (Wildman–Crippen LogP) is 2.81. The van der Waals surface area contributed by atoms with E-state index in [-0.39, 0.29) is 0 Å². The van der Waals surface area contributed by atoms with Crippen molar-refractivity contribution in [2.45, 2.75) is 53.0 Å². The van der Waals surface area contributed by atoms with E-state index in [1.165, 1.54) is 19.3 Å². The summed E-state index contributed by atoms with van der Waals surface area (Å²) in [5.74, 6) is 0.896. The second-order valence-electron chi connectivity index (χ2n) is 5.46. The van der Waals surface area contributed by atoms with Crippen LogP contribution in [0.15, 0.2) is 0 Å². The third-order valence-corrected chi connectivity index (χ3v) is 2.76. The van der Waals surface area contributed by atoms with E-state index >= 15 is 0 Å². The minimum atomic E-state index is 0.433. The van der Waals surface area contributed by atoms with Gasteiger partial charge in [0.25, 0.3) is 0 Å². The molecule has 0 spiro atoms. The summed E-state index contributed by atoms with van der Waals surface area (Å²) >= 11 is 0. The lowest BCUT2D eigenvalue weighted by molar-refractivity contribution is 0.326. The highest BCUT2D eigenvalue weighted by Gasteiger charge is 2.23. The zero-order chi connectivity index (χ0) is 9.19. The standard InChI is InChI=1S/C11H23N/c1-9-6-5-7-10(9)12-8-11(2,3)4/h9-10,12H,5-8H2,1-4H3. The number of nitrogens with one attached hydrogen (secondary N) is 1. The summed E-state index contributed by atoms with van der Waals surface area (Å²) < 4.78 is 0. The molecule has 2 unspecified atom stereocenters. The van der Waals surface area contributed by atoms with E-state index in [1.807, 2.05) is 0 Å². The van der Waals surface area contributed by atoms with Gasteiger partial charge in [0.15, 0.2) is 0 Å². The van der Waals surface area contributed by atoms with Gasteiger partial charge < -0.3 is 5.32 Å². The summed E-state index contributed by atoms with van der Waals surface area (Å²) in [6, 6.07) is 0.796. The van der Waals surface area contributed by atoms with Crippen LogP contribution in [0.1, 0.15) is 47.0 Å². The van der Waals surface area contributed by atoms with Gasteiger partial charge in [-0.2, -0.15) is 0 Å². The molecule has 2 atom stereocenters.